The molecule has 3 heterocycles. The number of carbonyl (C=O) groups is 2. The zero-order valence-electron chi connectivity index (χ0n) is 27.6. The second kappa shape index (κ2) is 13.9. The molecule has 1 aliphatic carbocycles. The van der Waals surface area contributed by atoms with Crippen molar-refractivity contribution in [2.45, 2.75) is 68.2 Å². The monoisotopic (exact) mass is 675 g/mol. The number of ether oxygens (including phenoxy) is 2. The molecule has 4 atom stereocenters. The molecular formula is C36H45F4N3O5. The molecule has 0 aromatic heterocycles. The van der Waals surface area contributed by atoms with E-state index in [-0.39, 0.29) is 38.2 Å². The van der Waals surface area contributed by atoms with Crippen molar-refractivity contribution in [2.75, 3.05) is 65.0 Å². The number of halogens is 4. The Morgan fingerprint density at radius 3 is 2.25 bits per heavy atom. The summed E-state index contributed by atoms with van der Waals surface area (Å²) in [6.45, 7) is 1.60. The van der Waals surface area contributed by atoms with Gasteiger partial charge in [-0.1, -0.05) is 31.0 Å². The molecule has 48 heavy (non-hydrogen) atoms. The number of carboxylic acid groups (broad SMARTS) is 1. The molecule has 1 saturated carbocycles. The maximum atomic E-state index is 17.6. The molecule has 6 rings (SSSR count). The van der Waals surface area contributed by atoms with E-state index in [9.17, 15) is 27.9 Å². The lowest BCUT2D eigenvalue weighted by atomic mass is 9.85. The molecule has 3 saturated heterocycles. The molecule has 2 aromatic carbocycles. The summed E-state index contributed by atoms with van der Waals surface area (Å²) in [6, 6.07) is 11.1. The summed E-state index contributed by atoms with van der Waals surface area (Å²) in [5.41, 5.74) is -1.24. The summed E-state index contributed by atoms with van der Waals surface area (Å²) >= 11 is 0. The van der Waals surface area contributed by atoms with Gasteiger partial charge in [-0.15, -0.1) is 0 Å². The molecule has 0 spiro atoms. The molecule has 0 radical (unpaired) electrons. The van der Waals surface area contributed by atoms with Gasteiger partial charge in [-0.25, -0.2) is 4.39 Å². The van der Waals surface area contributed by atoms with Gasteiger partial charge in [-0.05, 0) is 61.1 Å². The van der Waals surface area contributed by atoms with E-state index in [4.69, 9.17) is 9.47 Å². The third-order valence-electron chi connectivity index (χ3n) is 11.2. The van der Waals surface area contributed by atoms with Gasteiger partial charge in [0.05, 0.1) is 25.2 Å². The fourth-order valence-electron chi connectivity index (χ4n) is 8.53. The van der Waals surface area contributed by atoms with Gasteiger partial charge >= 0.3 is 12.1 Å². The number of aliphatic carboxylic acids is 1. The van der Waals surface area contributed by atoms with Crippen LogP contribution in [0.5, 0.6) is 5.75 Å². The summed E-state index contributed by atoms with van der Waals surface area (Å²) < 4.78 is 70.3. The number of anilines is 1. The van der Waals surface area contributed by atoms with Crippen LogP contribution < -0.4 is 9.64 Å². The van der Waals surface area contributed by atoms with Gasteiger partial charge < -0.3 is 24.4 Å². The summed E-state index contributed by atoms with van der Waals surface area (Å²) in [7, 11) is 3.11. The Balaban J connectivity index is 1.31. The Kier molecular flexibility index (Phi) is 9.95. The Labute approximate surface area is 279 Å². The van der Waals surface area contributed by atoms with Crippen molar-refractivity contribution < 1.29 is 41.7 Å². The lowest BCUT2D eigenvalue weighted by Crippen LogP contribution is -2.50. The van der Waals surface area contributed by atoms with Crippen molar-refractivity contribution in [3.05, 3.63) is 59.2 Å². The zero-order chi connectivity index (χ0) is 34.2. The molecule has 0 bridgehead atoms. The highest BCUT2D eigenvalue weighted by molar-refractivity contribution is 5.88. The van der Waals surface area contributed by atoms with Crippen LogP contribution in [0.25, 0.3) is 0 Å². The average Bonchev–Trinajstić information content (AvgIpc) is 3.84. The van der Waals surface area contributed by atoms with Crippen LogP contribution in [-0.2, 0) is 20.5 Å². The highest BCUT2D eigenvalue weighted by atomic mass is 19.4. The molecule has 8 nitrogen and oxygen atoms in total. The molecule has 4 fully saturated rings. The van der Waals surface area contributed by atoms with Crippen molar-refractivity contribution in [3.8, 4) is 5.75 Å². The minimum absolute atomic E-state index is 0.00659. The van der Waals surface area contributed by atoms with Gasteiger partial charge in [-0.2, -0.15) is 13.2 Å². The normalized spacial score (nSPS) is 27.6. The fraction of sp³-hybridized carbons (Fsp3) is 0.611. The number of hydrogen-bond donors (Lipinski definition) is 1. The molecule has 12 heteroatoms. The van der Waals surface area contributed by atoms with Crippen LogP contribution in [0, 0.1) is 11.8 Å². The van der Waals surface area contributed by atoms with Gasteiger partial charge in [0.1, 0.15) is 5.75 Å². The topological polar surface area (TPSA) is 82.6 Å². The number of benzene rings is 2. The van der Waals surface area contributed by atoms with E-state index in [1.807, 2.05) is 17.0 Å². The van der Waals surface area contributed by atoms with Crippen molar-refractivity contribution >= 4 is 17.6 Å². The number of hydrogen-bond acceptors (Lipinski definition) is 6. The highest BCUT2D eigenvalue weighted by Gasteiger charge is 2.57. The molecule has 1 amide bonds. The van der Waals surface area contributed by atoms with Crippen LogP contribution in [-0.4, -0.2) is 98.6 Å². The molecule has 0 unspecified atom stereocenters. The Morgan fingerprint density at radius 1 is 0.958 bits per heavy atom. The molecule has 3 aliphatic heterocycles. The lowest BCUT2D eigenvalue weighted by Gasteiger charge is -2.35. The largest absolute Gasteiger partial charge is 0.497 e. The molecular weight excluding hydrogens is 630 g/mol. The molecule has 1 N–H and O–H groups in total. The number of rotatable bonds is 9. The maximum Gasteiger partial charge on any atom is 0.416 e. The van der Waals surface area contributed by atoms with Crippen molar-refractivity contribution in [2.24, 2.45) is 11.8 Å². The average molecular weight is 676 g/mol. The van der Waals surface area contributed by atoms with E-state index < -0.39 is 47.0 Å². The van der Waals surface area contributed by atoms with Crippen molar-refractivity contribution in [1.29, 1.82) is 0 Å². The van der Waals surface area contributed by atoms with Gasteiger partial charge in [0.2, 0.25) is 5.67 Å². The van der Waals surface area contributed by atoms with E-state index in [0.29, 0.717) is 49.5 Å². The second-order valence-electron chi connectivity index (χ2n) is 14.0. The molecule has 4 aliphatic rings. The zero-order valence-corrected chi connectivity index (χ0v) is 27.6. The summed E-state index contributed by atoms with van der Waals surface area (Å²) in [5.74, 6) is -2.78. The number of carbonyl (C=O) groups excluding carboxylic acids is 1. The Bertz CT molecular complexity index is 1460. The van der Waals surface area contributed by atoms with Gasteiger partial charge in [0.25, 0.3) is 5.91 Å². The van der Waals surface area contributed by atoms with Gasteiger partial charge in [0, 0.05) is 75.9 Å². The number of methoxy groups -OCH3 is 2. The number of piperidine rings is 1. The number of nitrogens with zero attached hydrogens (tertiary/aromatic N) is 3. The van der Waals surface area contributed by atoms with Gasteiger partial charge in [0.15, 0.2) is 0 Å². The van der Waals surface area contributed by atoms with Crippen LogP contribution >= 0.6 is 0 Å². The first-order chi connectivity index (χ1) is 22.9. The standard InChI is InChI=1S/C36H45F4N3O5/c1-47-21-25-18-42(19-30(25)29-12-9-26(36(38,39)40)17-32(29)41-15-13-24(14-16-41)33(44)45)34(46)35(37)22-43(27-5-3-4-6-27)20-31(35)23-7-10-28(48-2)11-8-23/h7-12,17,24-25,27,30-31H,3-6,13-16,18-22H2,1-2H3,(H,44,45)/t25-,30+,31+,35+/m0/s1. The third kappa shape index (κ3) is 6.75. The van der Waals surface area contributed by atoms with Gasteiger partial charge in [-0.3, -0.25) is 14.5 Å². The quantitative estimate of drug-likeness (QED) is 0.329. The van der Waals surface area contributed by atoms with E-state index in [0.717, 1.165) is 43.4 Å². The maximum absolute atomic E-state index is 17.6. The van der Waals surface area contributed by atoms with Crippen molar-refractivity contribution in [1.82, 2.24) is 9.80 Å². The minimum atomic E-state index is -4.57. The van der Waals surface area contributed by atoms with Crippen LogP contribution in [0.1, 0.15) is 67.1 Å². The predicted octanol–water partition coefficient (Wildman–Crippen LogP) is 5.95. The van der Waals surface area contributed by atoms with E-state index in [2.05, 4.69) is 4.90 Å². The predicted molar refractivity (Wildman–Crippen MR) is 172 cm³/mol. The van der Waals surface area contributed by atoms with E-state index >= 15 is 4.39 Å². The fourth-order valence-corrected chi connectivity index (χ4v) is 8.53. The first-order valence-corrected chi connectivity index (χ1v) is 17.0. The first kappa shape index (κ1) is 34.5. The van der Waals surface area contributed by atoms with E-state index in [1.165, 1.54) is 6.07 Å². The smallest absolute Gasteiger partial charge is 0.416 e. The highest BCUT2D eigenvalue weighted by Crippen LogP contribution is 2.47. The molecule has 2 aromatic rings. The first-order valence-electron chi connectivity index (χ1n) is 17.0. The SMILES string of the molecule is COC[C@@H]1CN(C(=O)[C@@]2(F)CN(C3CCCC3)C[C@@H]2c2ccc(OC)cc2)C[C@H]1c1ccc(C(F)(F)F)cc1N1CCC(C(=O)O)CC1. The summed E-state index contributed by atoms with van der Waals surface area (Å²) in [5, 5.41) is 9.49. The van der Waals surface area contributed by atoms with Crippen LogP contribution in [0.3, 0.4) is 0 Å². The number of likely N-dealkylation sites (tertiary alicyclic amines) is 2. The van der Waals surface area contributed by atoms with Crippen LogP contribution in [0.15, 0.2) is 42.5 Å². The summed E-state index contributed by atoms with van der Waals surface area (Å²) in [6.07, 6.45) is 0.173. The summed E-state index contributed by atoms with van der Waals surface area (Å²) in [4.78, 5) is 31.6. The van der Waals surface area contributed by atoms with Crippen LogP contribution in [0.2, 0.25) is 0 Å². The van der Waals surface area contributed by atoms with E-state index in [1.54, 1.807) is 31.3 Å². The lowest BCUT2D eigenvalue weighted by molar-refractivity contribution is -0.143. The number of amides is 1. The van der Waals surface area contributed by atoms with Crippen LogP contribution in [0.4, 0.5) is 23.2 Å². The second-order valence-corrected chi connectivity index (χ2v) is 14.0. The molecule has 262 valence electrons. The Morgan fingerprint density at radius 2 is 1.65 bits per heavy atom. The third-order valence-corrected chi connectivity index (χ3v) is 11.2. The minimum Gasteiger partial charge on any atom is -0.497 e. The number of alkyl halides is 4. The van der Waals surface area contributed by atoms with Crippen molar-refractivity contribution in [3.63, 3.8) is 0 Å². The Hall–Kier alpha value is -3.38. The number of carboxylic acids is 1.